The van der Waals surface area contributed by atoms with E-state index >= 15 is 0 Å². The van der Waals surface area contributed by atoms with Crippen LogP contribution in [0.2, 0.25) is 0 Å². The molecule has 1 aromatic carbocycles. The average Bonchev–Trinajstić information content (AvgIpc) is 3.44. The smallest absolute Gasteiger partial charge is 0.343 e. The molecule has 10 nitrogen and oxygen atoms in total. The number of esters is 1. The van der Waals surface area contributed by atoms with Crippen molar-refractivity contribution < 1.29 is 34.0 Å². The van der Waals surface area contributed by atoms with Crippen LogP contribution in [-0.4, -0.2) is 45.7 Å². The van der Waals surface area contributed by atoms with Crippen molar-refractivity contribution in [2.45, 2.75) is 38.7 Å². The Morgan fingerprint density at radius 1 is 1.15 bits per heavy atom. The third kappa shape index (κ3) is 2.82. The summed E-state index contributed by atoms with van der Waals surface area (Å²) in [7, 11) is 0. The maximum absolute atomic E-state index is 13.4. The molecular formula is C24H22N2O8. The molecule has 0 spiro atoms. The molecule has 6 rings (SSSR count). The fourth-order valence-corrected chi connectivity index (χ4v) is 4.96. The number of nitrogens with zero attached hydrogens (tertiary/aromatic N) is 2. The Balaban J connectivity index is 1.60. The summed E-state index contributed by atoms with van der Waals surface area (Å²) in [6, 6.07) is 5.31. The second-order valence-electron chi connectivity index (χ2n) is 8.52. The molecule has 2 aromatic heterocycles. The summed E-state index contributed by atoms with van der Waals surface area (Å²) in [5.41, 5.74) is 1.67. The zero-order chi connectivity index (χ0) is 23.6. The summed E-state index contributed by atoms with van der Waals surface area (Å²) in [5.74, 6) is 0.415. The lowest BCUT2D eigenvalue weighted by Crippen LogP contribution is -2.44. The van der Waals surface area contributed by atoms with Gasteiger partial charge in [-0.05, 0) is 24.1 Å². The number of carbonyl (C=O) groups is 1. The van der Waals surface area contributed by atoms with Gasteiger partial charge in [0.2, 0.25) is 6.79 Å². The van der Waals surface area contributed by atoms with Gasteiger partial charge >= 0.3 is 5.97 Å². The highest BCUT2D eigenvalue weighted by Gasteiger charge is 2.45. The third-order valence-electron chi connectivity index (χ3n) is 6.78. The molecule has 10 heteroatoms. The van der Waals surface area contributed by atoms with Gasteiger partial charge < -0.3 is 33.7 Å². The Kier molecular flexibility index (Phi) is 4.67. The van der Waals surface area contributed by atoms with E-state index in [0.29, 0.717) is 28.4 Å². The van der Waals surface area contributed by atoms with Crippen molar-refractivity contribution >= 4 is 16.9 Å². The molecular weight excluding hydrogens is 444 g/mol. The van der Waals surface area contributed by atoms with Crippen molar-refractivity contribution in [2.75, 3.05) is 20.0 Å². The van der Waals surface area contributed by atoms with E-state index in [2.05, 4.69) is 0 Å². The van der Waals surface area contributed by atoms with Gasteiger partial charge in [0, 0.05) is 22.6 Å². The van der Waals surface area contributed by atoms with Gasteiger partial charge in [-0.2, -0.15) is 0 Å². The van der Waals surface area contributed by atoms with Crippen LogP contribution in [0, 0.1) is 0 Å². The zero-order valence-corrected chi connectivity index (χ0v) is 18.4. The molecule has 34 heavy (non-hydrogen) atoms. The highest BCUT2D eigenvalue weighted by Crippen LogP contribution is 2.43. The Morgan fingerprint density at radius 3 is 2.71 bits per heavy atom. The first-order valence-corrected chi connectivity index (χ1v) is 11.1. The molecule has 3 aliphatic rings. The molecule has 0 saturated heterocycles. The molecule has 176 valence electrons. The maximum Gasteiger partial charge on any atom is 0.343 e. The summed E-state index contributed by atoms with van der Waals surface area (Å²) in [5, 5.41) is 21.1. The van der Waals surface area contributed by atoms with E-state index in [1.807, 2.05) is 6.07 Å². The van der Waals surface area contributed by atoms with Crippen LogP contribution in [0.25, 0.3) is 22.3 Å². The Hall–Kier alpha value is -3.47. The number of fused-ring (bicyclic) bond motifs is 6. The van der Waals surface area contributed by atoms with Crippen LogP contribution in [0.4, 0.5) is 0 Å². The number of hydrogen-bond acceptors (Lipinski definition) is 9. The quantitative estimate of drug-likeness (QED) is 0.330. The highest BCUT2D eigenvalue weighted by molar-refractivity contribution is 5.91. The van der Waals surface area contributed by atoms with Crippen molar-refractivity contribution in [1.82, 2.24) is 9.55 Å². The van der Waals surface area contributed by atoms with Crippen LogP contribution in [0.5, 0.6) is 11.5 Å². The Bertz CT molecular complexity index is 1430. The van der Waals surface area contributed by atoms with Crippen LogP contribution >= 0.6 is 0 Å². The number of pyridine rings is 2. The first-order chi connectivity index (χ1) is 16.5. The number of aliphatic hydroxyl groups excluding tert-OH is 1. The van der Waals surface area contributed by atoms with Gasteiger partial charge in [-0.1, -0.05) is 6.92 Å². The van der Waals surface area contributed by atoms with Crippen molar-refractivity contribution in [3.8, 4) is 22.9 Å². The molecule has 3 aliphatic heterocycles. The minimum atomic E-state index is -1.89. The van der Waals surface area contributed by atoms with E-state index in [1.54, 1.807) is 23.6 Å². The van der Waals surface area contributed by atoms with Crippen molar-refractivity contribution in [2.24, 2.45) is 0 Å². The lowest BCUT2D eigenvalue weighted by molar-refractivity contribution is -0.172. The van der Waals surface area contributed by atoms with Gasteiger partial charge in [0.1, 0.15) is 6.61 Å². The molecule has 3 aromatic rings. The fraction of sp³-hybridized carbons (Fsp3) is 0.375. The minimum Gasteiger partial charge on any atom is -0.458 e. The zero-order valence-electron chi connectivity index (χ0n) is 18.4. The van der Waals surface area contributed by atoms with Crippen LogP contribution in [0.15, 0.2) is 23.0 Å². The van der Waals surface area contributed by atoms with Crippen molar-refractivity contribution in [1.29, 1.82) is 0 Å². The SMILES string of the molecule is CC[C@@]1(O)C(=O)OCc2c1cc1n(c2=O)Cc2c-1nc1cc3c(cc1c2COCCO)OCO3. The highest BCUT2D eigenvalue weighted by atomic mass is 16.7. The van der Waals surface area contributed by atoms with E-state index in [4.69, 9.17) is 23.9 Å². The van der Waals surface area contributed by atoms with Crippen LogP contribution in [0.1, 0.15) is 35.6 Å². The van der Waals surface area contributed by atoms with Gasteiger partial charge in [-0.15, -0.1) is 0 Å². The second-order valence-corrected chi connectivity index (χ2v) is 8.52. The number of aliphatic hydroxyl groups is 2. The van der Waals surface area contributed by atoms with Crippen molar-refractivity contribution in [3.63, 3.8) is 0 Å². The summed E-state index contributed by atoms with van der Waals surface area (Å²) < 4.78 is 23.4. The lowest BCUT2D eigenvalue weighted by atomic mass is 9.86. The van der Waals surface area contributed by atoms with Crippen LogP contribution in [-0.2, 0) is 39.6 Å². The number of aromatic nitrogens is 2. The Morgan fingerprint density at radius 2 is 1.94 bits per heavy atom. The van der Waals surface area contributed by atoms with Gasteiger partial charge in [0.05, 0.1) is 48.8 Å². The van der Waals surface area contributed by atoms with Crippen LogP contribution in [0.3, 0.4) is 0 Å². The fourth-order valence-electron chi connectivity index (χ4n) is 4.96. The number of benzene rings is 1. The molecule has 5 heterocycles. The maximum atomic E-state index is 13.4. The van der Waals surface area contributed by atoms with Gasteiger partial charge in [-0.25, -0.2) is 9.78 Å². The first-order valence-electron chi connectivity index (χ1n) is 11.1. The molecule has 1 atom stereocenters. The summed E-state index contributed by atoms with van der Waals surface area (Å²) >= 11 is 0. The second kappa shape index (κ2) is 7.52. The third-order valence-corrected chi connectivity index (χ3v) is 6.78. The number of carbonyl (C=O) groups excluding carboxylic acids is 1. The van der Waals surface area contributed by atoms with E-state index < -0.39 is 11.6 Å². The minimum absolute atomic E-state index is 0.0729. The summed E-state index contributed by atoms with van der Waals surface area (Å²) in [4.78, 5) is 30.7. The van der Waals surface area contributed by atoms with Gasteiger partial charge in [0.25, 0.3) is 5.56 Å². The molecule has 0 saturated carbocycles. The van der Waals surface area contributed by atoms with E-state index in [-0.39, 0.29) is 62.9 Å². The molecule has 2 N–H and O–H groups in total. The number of cyclic esters (lactones) is 1. The van der Waals surface area contributed by atoms with E-state index in [0.717, 1.165) is 16.5 Å². The average molecular weight is 466 g/mol. The topological polar surface area (TPSA) is 129 Å². The molecule has 0 fully saturated rings. The molecule has 0 amide bonds. The monoisotopic (exact) mass is 466 g/mol. The predicted molar refractivity (Wildman–Crippen MR) is 117 cm³/mol. The number of rotatable bonds is 5. The van der Waals surface area contributed by atoms with Crippen LogP contribution < -0.4 is 15.0 Å². The Labute approximate surface area is 193 Å². The largest absolute Gasteiger partial charge is 0.458 e. The lowest BCUT2D eigenvalue weighted by Gasteiger charge is -2.31. The summed E-state index contributed by atoms with van der Waals surface area (Å²) in [6.07, 6.45) is 0.0729. The van der Waals surface area contributed by atoms with E-state index in [1.165, 1.54) is 0 Å². The number of ether oxygens (including phenoxy) is 4. The predicted octanol–water partition coefficient (Wildman–Crippen LogP) is 1.32. The first kappa shape index (κ1) is 21.1. The van der Waals surface area contributed by atoms with Crippen molar-refractivity contribution in [3.05, 3.63) is 50.8 Å². The number of hydrogen-bond donors (Lipinski definition) is 2. The molecule has 0 unspecified atom stereocenters. The molecule has 0 bridgehead atoms. The van der Waals surface area contributed by atoms with Gasteiger partial charge in [0.15, 0.2) is 17.1 Å². The summed E-state index contributed by atoms with van der Waals surface area (Å²) in [6.45, 7) is 2.10. The molecule has 0 radical (unpaired) electrons. The van der Waals surface area contributed by atoms with E-state index in [9.17, 15) is 19.8 Å². The van der Waals surface area contributed by atoms with Gasteiger partial charge in [-0.3, -0.25) is 4.79 Å². The normalized spacial score (nSPS) is 19.7. The molecule has 0 aliphatic carbocycles. The standard InChI is InChI=1S/C24H22N2O8/c1-2-24(30)16-6-18-21-13(8-26(18)22(28)15(16)10-32-23(24)29)14(9-31-4-3-27)12-5-19-20(34-11-33-19)7-17(12)25-21/h5-7,27,30H,2-4,8-11H2,1H3/t24-/m0/s1.